The number of Topliss-reactive ketones (excluding diaryl/α,β-unsaturated/α-hetero) is 1. The van der Waals surface area contributed by atoms with E-state index in [0.29, 0.717) is 29.0 Å². The third kappa shape index (κ3) is 2.52. The van der Waals surface area contributed by atoms with Gasteiger partial charge in [0.15, 0.2) is 0 Å². The Morgan fingerprint density at radius 3 is 2.54 bits per heavy atom. The molecule has 3 heteroatoms. The van der Waals surface area contributed by atoms with Gasteiger partial charge in [-0.05, 0) is 73.5 Å². The van der Waals surface area contributed by atoms with Crippen molar-refractivity contribution in [3.63, 3.8) is 0 Å². The van der Waals surface area contributed by atoms with Crippen molar-refractivity contribution in [1.29, 1.82) is 0 Å². The predicted octanol–water partition coefficient (Wildman–Crippen LogP) is 5.17. The third-order valence-electron chi connectivity index (χ3n) is 9.51. The first-order valence-electron chi connectivity index (χ1n) is 11.0. The van der Waals surface area contributed by atoms with Gasteiger partial charge in [-0.25, -0.2) is 0 Å². The van der Waals surface area contributed by atoms with Crippen LogP contribution in [0.5, 0.6) is 0 Å². The van der Waals surface area contributed by atoms with Crippen LogP contribution in [0.3, 0.4) is 0 Å². The zero-order valence-corrected chi connectivity index (χ0v) is 17.1. The fourth-order valence-corrected chi connectivity index (χ4v) is 8.21. The molecule has 0 aliphatic heterocycles. The fraction of sp³-hybridized carbons (Fsp3) is 0.913. The molecule has 3 nitrogen and oxygen atoms in total. The lowest BCUT2D eigenvalue weighted by Crippen LogP contribution is -2.57. The van der Waals surface area contributed by atoms with Crippen molar-refractivity contribution in [2.75, 3.05) is 0 Å². The van der Waals surface area contributed by atoms with Gasteiger partial charge in [-0.2, -0.15) is 0 Å². The minimum absolute atomic E-state index is 0.117. The molecule has 0 saturated heterocycles. The lowest BCUT2D eigenvalue weighted by molar-refractivity contribution is -0.168. The van der Waals surface area contributed by atoms with Gasteiger partial charge in [-0.1, -0.05) is 27.2 Å². The van der Waals surface area contributed by atoms with Gasteiger partial charge in [0, 0.05) is 25.2 Å². The number of hydrogen-bond donors (Lipinski definition) is 0. The van der Waals surface area contributed by atoms with Gasteiger partial charge in [-0.15, -0.1) is 0 Å². The van der Waals surface area contributed by atoms with Gasteiger partial charge in [0.2, 0.25) is 0 Å². The van der Waals surface area contributed by atoms with Gasteiger partial charge in [-0.3, -0.25) is 9.59 Å². The van der Waals surface area contributed by atoms with Crippen molar-refractivity contribution in [1.82, 2.24) is 0 Å². The van der Waals surface area contributed by atoms with E-state index in [4.69, 9.17) is 4.74 Å². The Balaban J connectivity index is 1.63. The first-order chi connectivity index (χ1) is 12.3. The molecule has 0 heterocycles. The molecule has 4 rings (SSSR count). The van der Waals surface area contributed by atoms with Gasteiger partial charge >= 0.3 is 5.97 Å². The molecule has 146 valence electrons. The molecule has 0 N–H and O–H groups in total. The van der Waals surface area contributed by atoms with Crippen molar-refractivity contribution >= 4 is 11.8 Å². The summed E-state index contributed by atoms with van der Waals surface area (Å²) in [5.41, 5.74) is 0.509. The van der Waals surface area contributed by atoms with E-state index >= 15 is 0 Å². The summed E-state index contributed by atoms with van der Waals surface area (Å²) in [5.74, 6) is 3.77. The molecule has 4 aliphatic rings. The number of rotatable bonds is 2. The van der Waals surface area contributed by atoms with E-state index in [1.54, 1.807) is 6.92 Å². The summed E-state index contributed by atoms with van der Waals surface area (Å²) in [6, 6.07) is 0. The molecular weight excluding hydrogens is 324 g/mol. The molecule has 0 aromatic carbocycles. The van der Waals surface area contributed by atoms with Crippen LogP contribution in [0.25, 0.3) is 0 Å². The maximum Gasteiger partial charge on any atom is 0.302 e. The van der Waals surface area contributed by atoms with Crippen molar-refractivity contribution < 1.29 is 14.3 Å². The highest BCUT2D eigenvalue weighted by Gasteiger charge is 2.62. The van der Waals surface area contributed by atoms with Crippen LogP contribution in [-0.2, 0) is 14.3 Å². The van der Waals surface area contributed by atoms with Crippen LogP contribution in [0.4, 0.5) is 0 Å². The van der Waals surface area contributed by atoms with E-state index in [9.17, 15) is 9.59 Å². The Bertz CT molecular complexity index is 586. The molecule has 0 aromatic heterocycles. The molecule has 0 amide bonds. The second-order valence-corrected chi connectivity index (χ2v) is 10.3. The van der Waals surface area contributed by atoms with Crippen molar-refractivity contribution in [3.05, 3.63) is 0 Å². The molecule has 0 radical (unpaired) electrons. The highest BCUT2D eigenvalue weighted by Crippen LogP contribution is 2.67. The van der Waals surface area contributed by atoms with Crippen LogP contribution in [0.1, 0.15) is 85.5 Å². The van der Waals surface area contributed by atoms with Gasteiger partial charge in [0.05, 0.1) is 0 Å². The standard InChI is InChI=1S/C23H36O3/c1-5-15-12-17(25)13-16-6-7-18-19-8-9-21(26-14(2)24)22(19,3)11-10-20(18)23(15,16)4/h15-16,18-21H,5-13H2,1-4H3/t15-,16?,18-,19-,20-,21-,22-,23-/m0/s1. The smallest absolute Gasteiger partial charge is 0.302 e. The summed E-state index contributed by atoms with van der Waals surface area (Å²) in [5, 5.41) is 0. The van der Waals surface area contributed by atoms with Crippen molar-refractivity contribution in [2.45, 2.75) is 91.6 Å². The third-order valence-corrected chi connectivity index (χ3v) is 9.51. The molecule has 1 unspecified atom stereocenters. The average molecular weight is 361 g/mol. The van der Waals surface area contributed by atoms with Crippen LogP contribution in [0, 0.1) is 40.4 Å². The molecule has 0 aromatic rings. The highest BCUT2D eigenvalue weighted by molar-refractivity contribution is 5.80. The van der Waals surface area contributed by atoms with Crippen LogP contribution in [-0.4, -0.2) is 17.9 Å². The van der Waals surface area contributed by atoms with E-state index in [1.807, 2.05) is 0 Å². The predicted molar refractivity (Wildman–Crippen MR) is 101 cm³/mol. The molecule has 4 saturated carbocycles. The molecular formula is C23H36O3. The van der Waals surface area contributed by atoms with Crippen LogP contribution >= 0.6 is 0 Å². The first kappa shape index (κ1) is 18.5. The first-order valence-corrected chi connectivity index (χ1v) is 11.0. The summed E-state index contributed by atoms with van der Waals surface area (Å²) >= 11 is 0. The number of esters is 1. The lowest BCUT2D eigenvalue weighted by atomic mass is 9.42. The second-order valence-electron chi connectivity index (χ2n) is 10.3. The zero-order valence-electron chi connectivity index (χ0n) is 17.1. The number of carbonyl (C=O) groups is 2. The quantitative estimate of drug-likeness (QED) is 0.638. The Kier molecular flexibility index (Phi) is 4.51. The molecule has 4 fully saturated rings. The summed E-state index contributed by atoms with van der Waals surface area (Å²) in [4.78, 5) is 23.9. The number of hydrogen-bond acceptors (Lipinski definition) is 3. The van der Waals surface area contributed by atoms with Gasteiger partial charge in [0.25, 0.3) is 0 Å². The summed E-state index contributed by atoms with van der Waals surface area (Å²) in [6.45, 7) is 8.77. The summed E-state index contributed by atoms with van der Waals surface area (Å²) in [6.07, 6.45) is 10.1. The maximum absolute atomic E-state index is 12.3. The van der Waals surface area contributed by atoms with E-state index < -0.39 is 0 Å². The van der Waals surface area contributed by atoms with Crippen LogP contribution in [0.15, 0.2) is 0 Å². The largest absolute Gasteiger partial charge is 0.462 e. The van der Waals surface area contributed by atoms with Crippen molar-refractivity contribution in [2.24, 2.45) is 40.4 Å². The molecule has 0 bridgehead atoms. The number of fused-ring (bicyclic) bond motifs is 5. The van der Waals surface area contributed by atoms with E-state index in [1.165, 1.54) is 32.1 Å². The Hall–Kier alpha value is -0.860. The fourth-order valence-electron chi connectivity index (χ4n) is 8.21. The van der Waals surface area contributed by atoms with Gasteiger partial charge in [0.1, 0.15) is 11.9 Å². The minimum atomic E-state index is -0.119. The monoisotopic (exact) mass is 360 g/mol. The van der Waals surface area contributed by atoms with E-state index in [2.05, 4.69) is 20.8 Å². The molecule has 8 atom stereocenters. The summed E-state index contributed by atoms with van der Waals surface area (Å²) < 4.78 is 5.77. The average Bonchev–Trinajstić information content (AvgIpc) is 2.91. The second kappa shape index (κ2) is 6.34. The molecule has 4 aliphatic carbocycles. The number of carbonyl (C=O) groups excluding carboxylic acids is 2. The Morgan fingerprint density at radius 2 is 1.85 bits per heavy atom. The highest BCUT2D eigenvalue weighted by atomic mass is 16.5. The topological polar surface area (TPSA) is 43.4 Å². The van der Waals surface area contributed by atoms with Gasteiger partial charge < -0.3 is 4.74 Å². The van der Waals surface area contributed by atoms with Crippen LogP contribution < -0.4 is 0 Å². The molecule has 26 heavy (non-hydrogen) atoms. The SMILES string of the molecule is CC[C@H]1CC(=O)CC2CC[C@H]3[C@@H]4CC[C@H](OC(C)=O)[C@@]4(C)CC[C@@H]3[C@]21C. The minimum Gasteiger partial charge on any atom is -0.462 e. The Morgan fingerprint density at radius 1 is 1.08 bits per heavy atom. The van der Waals surface area contributed by atoms with E-state index in [0.717, 1.165) is 37.5 Å². The number of ether oxygens (including phenoxy) is 1. The number of ketones is 1. The van der Waals surface area contributed by atoms with E-state index in [-0.39, 0.29) is 17.5 Å². The molecule has 0 spiro atoms. The van der Waals surface area contributed by atoms with Crippen molar-refractivity contribution in [3.8, 4) is 0 Å². The normalized spacial score (nSPS) is 50.5. The maximum atomic E-state index is 12.3. The van der Waals surface area contributed by atoms with Crippen LogP contribution in [0.2, 0.25) is 0 Å². The zero-order chi connectivity index (χ0) is 18.7. The lowest BCUT2D eigenvalue weighted by Gasteiger charge is -2.62. The Labute approximate surface area is 158 Å². The summed E-state index contributed by atoms with van der Waals surface area (Å²) in [7, 11) is 0.